The zero-order valence-corrected chi connectivity index (χ0v) is 9.25. The number of aromatic nitrogens is 2. The fourth-order valence-electron chi connectivity index (χ4n) is 1.50. The number of nitrogens with two attached hydrogens (primary N) is 1. The van der Waals surface area contributed by atoms with Crippen molar-refractivity contribution in [2.75, 3.05) is 13.1 Å². The normalized spacial score (nSPS) is 11.2. The molecule has 1 aromatic heterocycles. The second-order valence-corrected chi connectivity index (χ2v) is 3.83. The van der Waals surface area contributed by atoms with E-state index in [1.165, 1.54) is 11.3 Å². The Morgan fingerprint density at radius 2 is 2.29 bits per heavy atom. The minimum absolute atomic E-state index is 0.478. The van der Waals surface area contributed by atoms with Crippen LogP contribution in [-0.4, -0.2) is 22.9 Å². The molecule has 0 amide bonds. The molecule has 14 heavy (non-hydrogen) atoms. The van der Waals surface area contributed by atoms with E-state index < -0.39 is 0 Å². The van der Waals surface area contributed by atoms with E-state index in [9.17, 15) is 0 Å². The molecule has 1 rings (SSSR count). The van der Waals surface area contributed by atoms with Crippen LogP contribution < -0.4 is 11.1 Å². The van der Waals surface area contributed by atoms with Crippen LogP contribution >= 0.6 is 0 Å². The number of nitrogens with one attached hydrogen (secondary N) is 1. The molecule has 1 aromatic rings. The van der Waals surface area contributed by atoms with Crippen molar-refractivity contribution >= 4 is 0 Å². The van der Waals surface area contributed by atoms with Crippen LogP contribution in [0.15, 0.2) is 6.20 Å². The van der Waals surface area contributed by atoms with Crippen molar-refractivity contribution in [2.45, 2.75) is 26.3 Å². The Balaban J connectivity index is 2.64. The maximum Gasteiger partial charge on any atom is 0.0694 e. The highest BCUT2D eigenvalue weighted by Gasteiger charge is 2.10. The molecule has 4 heteroatoms. The van der Waals surface area contributed by atoms with Crippen LogP contribution in [0.3, 0.4) is 0 Å². The third-order valence-electron chi connectivity index (χ3n) is 2.12. The Hall–Kier alpha value is -0.870. The molecule has 0 spiro atoms. The van der Waals surface area contributed by atoms with Crippen LogP contribution in [0, 0.1) is 0 Å². The Labute approximate surface area is 85.5 Å². The maximum atomic E-state index is 5.41. The fourth-order valence-corrected chi connectivity index (χ4v) is 1.50. The molecular weight excluding hydrogens is 176 g/mol. The molecule has 0 aliphatic rings. The van der Waals surface area contributed by atoms with Gasteiger partial charge in [-0.15, -0.1) is 0 Å². The van der Waals surface area contributed by atoms with Crippen molar-refractivity contribution < 1.29 is 0 Å². The topological polar surface area (TPSA) is 55.9 Å². The molecule has 80 valence electrons. The van der Waals surface area contributed by atoms with E-state index in [1.54, 1.807) is 0 Å². The highest BCUT2D eigenvalue weighted by molar-refractivity contribution is 5.19. The number of hydrogen-bond donors (Lipinski definition) is 2. The molecule has 4 nitrogen and oxygen atoms in total. The molecule has 0 fully saturated rings. The van der Waals surface area contributed by atoms with Crippen molar-refractivity contribution in [3.05, 3.63) is 17.5 Å². The Kier molecular flexibility index (Phi) is 4.10. The van der Waals surface area contributed by atoms with Gasteiger partial charge < -0.3 is 11.1 Å². The smallest absolute Gasteiger partial charge is 0.0694 e. The predicted octanol–water partition coefficient (Wildman–Crippen LogP) is 0.592. The maximum absolute atomic E-state index is 5.41. The largest absolute Gasteiger partial charge is 0.329 e. The molecule has 0 atom stereocenters. The van der Waals surface area contributed by atoms with Gasteiger partial charge in [0.2, 0.25) is 0 Å². The molecular formula is C10H20N4. The van der Waals surface area contributed by atoms with E-state index in [2.05, 4.69) is 30.5 Å². The van der Waals surface area contributed by atoms with Crippen molar-refractivity contribution in [3.8, 4) is 0 Å². The monoisotopic (exact) mass is 196 g/mol. The molecule has 1 heterocycles. The van der Waals surface area contributed by atoms with Crippen LogP contribution in [0.2, 0.25) is 0 Å². The van der Waals surface area contributed by atoms with Gasteiger partial charge in [-0.1, -0.05) is 13.8 Å². The summed E-state index contributed by atoms with van der Waals surface area (Å²) in [6.45, 7) is 6.71. The summed E-state index contributed by atoms with van der Waals surface area (Å²) < 4.78 is 1.87. The van der Waals surface area contributed by atoms with E-state index in [-0.39, 0.29) is 0 Å². The molecule has 0 saturated heterocycles. The lowest BCUT2D eigenvalue weighted by Gasteiger charge is -2.05. The molecule has 0 radical (unpaired) electrons. The molecule has 0 saturated carbocycles. The first-order valence-corrected chi connectivity index (χ1v) is 5.08. The summed E-state index contributed by atoms with van der Waals surface area (Å²) in [4.78, 5) is 0. The molecule has 3 N–H and O–H groups in total. The Morgan fingerprint density at radius 3 is 2.86 bits per heavy atom. The second kappa shape index (κ2) is 5.12. The first kappa shape index (κ1) is 11.2. The van der Waals surface area contributed by atoms with Crippen LogP contribution in [0.5, 0.6) is 0 Å². The summed E-state index contributed by atoms with van der Waals surface area (Å²) in [5.41, 5.74) is 7.86. The van der Waals surface area contributed by atoms with Crippen molar-refractivity contribution in [1.29, 1.82) is 0 Å². The van der Waals surface area contributed by atoms with E-state index in [4.69, 9.17) is 5.73 Å². The molecule has 0 unspecified atom stereocenters. The third kappa shape index (κ3) is 2.82. The van der Waals surface area contributed by atoms with Crippen molar-refractivity contribution in [1.82, 2.24) is 15.1 Å². The summed E-state index contributed by atoms with van der Waals surface area (Å²) >= 11 is 0. The molecule has 0 aromatic carbocycles. The van der Waals surface area contributed by atoms with Crippen molar-refractivity contribution in [3.63, 3.8) is 0 Å². The lowest BCUT2D eigenvalue weighted by atomic mass is 10.1. The van der Waals surface area contributed by atoms with Gasteiger partial charge in [0.05, 0.1) is 5.69 Å². The zero-order chi connectivity index (χ0) is 10.6. The number of nitrogens with zero attached hydrogens (tertiary/aromatic N) is 2. The van der Waals surface area contributed by atoms with Gasteiger partial charge in [-0.2, -0.15) is 5.10 Å². The summed E-state index contributed by atoms with van der Waals surface area (Å²) in [5.74, 6) is 0.478. The third-order valence-corrected chi connectivity index (χ3v) is 2.12. The van der Waals surface area contributed by atoms with Gasteiger partial charge in [0.1, 0.15) is 0 Å². The fraction of sp³-hybridized carbons (Fsp3) is 0.700. The van der Waals surface area contributed by atoms with Crippen LogP contribution in [0.1, 0.15) is 31.0 Å². The van der Waals surface area contributed by atoms with Gasteiger partial charge in [-0.05, 0) is 5.92 Å². The minimum atomic E-state index is 0.478. The van der Waals surface area contributed by atoms with Crippen LogP contribution in [-0.2, 0) is 13.6 Å². The summed E-state index contributed by atoms with van der Waals surface area (Å²) in [5, 5.41) is 7.72. The van der Waals surface area contributed by atoms with Crippen LogP contribution in [0.25, 0.3) is 0 Å². The quantitative estimate of drug-likeness (QED) is 0.678. The molecule has 0 bridgehead atoms. The van der Waals surface area contributed by atoms with Gasteiger partial charge in [-0.3, -0.25) is 4.68 Å². The van der Waals surface area contributed by atoms with Gasteiger partial charge in [0.15, 0.2) is 0 Å². The predicted molar refractivity (Wildman–Crippen MR) is 58.1 cm³/mol. The van der Waals surface area contributed by atoms with Gasteiger partial charge in [-0.25, -0.2) is 0 Å². The van der Waals surface area contributed by atoms with E-state index >= 15 is 0 Å². The number of aryl methyl sites for hydroxylation is 1. The van der Waals surface area contributed by atoms with E-state index in [0.717, 1.165) is 13.1 Å². The van der Waals surface area contributed by atoms with Crippen molar-refractivity contribution in [2.24, 2.45) is 12.8 Å². The van der Waals surface area contributed by atoms with E-state index in [0.29, 0.717) is 12.5 Å². The standard InChI is InChI=1S/C10H20N4/c1-8(2)10-9(6-12-5-4-11)7-14(3)13-10/h7-8,12H,4-6,11H2,1-3H3. The van der Waals surface area contributed by atoms with E-state index in [1.807, 2.05) is 11.7 Å². The van der Waals surface area contributed by atoms with Crippen LogP contribution in [0.4, 0.5) is 0 Å². The molecule has 0 aliphatic heterocycles. The first-order chi connectivity index (χ1) is 6.65. The number of hydrogen-bond acceptors (Lipinski definition) is 3. The minimum Gasteiger partial charge on any atom is -0.329 e. The first-order valence-electron chi connectivity index (χ1n) is 5.08. The lowest BCUT2D eigenvalue weighted by molar-refractivity contribution is 0.680. The van der Waals surface area contributed by atoms with Gasteiger partial charge in [0.25, 0.3) is 0 Å². The van der Waals surface area contributed by atoms with Gasteiger partial charge in [0, 0.05) is 38.4 Å². The Bertz CT molecular complexity index is 278. The zero-order valence-electron chi connectivity index (χ0n) is 9.25. The Morgan fingerprint density at radius 1 is 1.57 bits per heavy atom. The highest BCUT2D eigenvalue weighted by Crippen LogP contribution is 2.16. The molecule has 0 aliphatic carbocycles. The number of rotatable bonds is 5. The summed E-state index contributed by atoms with van der Waals surface area (Å²) in [6.07, 6.45) is 2.07. The average molecular weight is 196 g/mol. The summed E-state index contributed by atoms with van der Waals surface area (Å²) in [7, 11) is 1.96. The average Bonchev–Trinajstić information content (AvgIpc) is 2.47. The summed E-state index contributed by atoms with van der Waals surface area (Å²) in [6, 6.07) is 0. The lowest BCUT2D eigenvalue weighted by Crippen LogP contribution is -2.22. The second-order valence-electron chi connectivity index (χ2n) is 3.83. The van der Waals surface area contributed by atoms with Gasteiger partial charge >= 0.3 is 0 Å². The highest BCUT2D eigenvalue weighted by atomic mass is 15.3. The SMILES string of the molecule is CC(C)c1nn(C)cc1CNCCN.